The van der Waals surface area contributed by atoms with Crippen molar-refractivity contribution in [1.29, 1.82) is 0 Å². The van der Waals surface area contributed by atoms with Crippen molar-refractivity contribution < 1.29 is 26.3 Å². The van der Waals surface area contributed by atoms with Crippen LogP contribution in [0.2, 0.25) is 0 Å². The van der Waals surface area contributed by atoms with Crippen LogP contribution in [-0.2, 0) is 17.8 Å². The molecule has 0 nitrogen and oxygen atoms in total. The van der Waals surface area contributed by atoms with Gasteiger partial charge in [-0.15, -0.1) is 0 Å². The number of rotatable bonds is 7. The zero-order chi connectivity index (χ0) is 35.6. The quantitative estimate of drug-likeness (QED) is 0.116. The van der Waals surface area contributed by atoms with Gasteiger partial charge in [0.1, 0.15) is 0 Å². The van der Waals surface area contributed by atoms with E-state index in [9.17, 15) is 13.2 Å². The molecule has 0 bridgehead atoms. The summed E-state index contributed by atoms with van der Waals surface area (Å²) in [5.74, 6) is 0. The van der Waals surface area contributed by atoms with Crippen molar-refractivity contribution >= 4 is 0 Å². The van der Waals surface area contributed by atoms with Gasteiger partial charge in [-0.25, -0.2) is 0 Å². The Hall–Kier alpha value is -5.88. The second-order valence-corrected chi connectivity index (χ2v) is 12.3. The summed E-state index contributed by atoms with van der Waals surface area (Å²) in [6.07, 6.45) is -9.30. The van der Waals surface area contributed by atoms with Crippen molar-refractivity contribution in [1.82, 2.24) is 0 Å². The highest BCUT2D eigenvalue weighted by molar-refractivity contribution is 5.72. The van der Waals surface area contributed by atoms with E-state index in [-0.39, 0.29) is 11.1 Å². The molecule has 0 atom stereocenters. The van der Waals surface area contributed by atoms with Crippen molar-refractivity contribution in [2.75, 3.05) is 0 Å². The van der Waals surface area contributed by atoms with Crippen LogP contribution in [0.3, 0.4) is 0 Å². The Morgan fingerprint density at radius 1 is 0.255 bits per heavy atom. The van der Waals surface area contributed by atoms with Crippen LogP contribution in [0.15, 0.2) is 182 Å². The molecule has 0 radical (unpaired) electrons. The largest absolute Gasteiger partial charge is 0.417 e. The molecule has 0 unspecified atom stereocenters. The summed E-state index contributed by atoms with van der Waals surface area (Å²) in [5.41, 5.74) is 2.41. The van der Waals surface area contributed by atoms with E-state index >= 15 is 13.2 Å². The number of hydrogen-bond acceptors (Lipinski definition) is 0. The van der Waals surface area contributed by atoms with E-state index in [0.29, 0.717) is 22.3 Å². The smallest absolute Gasteiger partial charge is 0.166 e. The van der Waals surface area contributed by atoms with Crippen LogP contribution in [0, 0.1) is 0 Å². The second kappa shape index (κ2) is 13.4. The van der Waals surface area contributed by atoms with Crippen molar-refractivity contribution in [2.45, 2.75) is 17.8 Å². The molecule has 0 saturated carbocycles. The SMILES string of the molecule is FC(F)(F)c1ccccc1-c1ccc(C(c2ccc(-c3ccccc3)cc2)(c2ccc(-c3ccccc3)cc2)c2ccccc2C(F)(F)F)cc1. The van der Waals surface area contributed by atoms with E-state index in [4.69, 9.17) is 0 Å². The van der Waals surface area contributed by atoms with Crippen molar-refractivity contribution in [3.05, 3.63) is 215 Å². The summed E-state index contributed by atoms with van der Waals surface area (Å²) < 4.78 is 87.2. The Balaban J connectivity index is 1.51. The average Bonchev–Trinajstić information content (AvgIpc) is 3.16. The van der Waals surface area contributed by atoms with E-state index in [2.05, 4.69) is 0 Å². The molecular weight excluding hydrogens is 654 g/mol. The van der Waals surface area contributed by atoms with E-state index in [1.54, 1.807) is 30.3 Å². The number of halogens is 6. The highest BCUT2D eigenvalue weighted by Gasteiger charge is 2.45. The molecule has 7 aromatic carbocycles. The first-order valence-electron chi connectivity index (χ1n) is 16.3. The maximum absolute atomic E-state index is 15.0. The lowest BCUT2D eigenvalue weighted by Gasteiger charge is -2.38. The fraction of sp³-hybridized carbons (Fsp3) is 0.0667. The van der Waals surface area contributed by atoms with Crippen LogP contribution in [0.4, 0.5) is 26.3 Å². The second-order valence-electron chi connectivity index (χ2n) is 12.3. The maximum Gasteiger partial charge on any atom is 0.417 e. The van der Waals surface area contributed by atoms with Gasteiger partial charge in [0.05, 0.1) is 16.5 Å². The van der Waals surface area contributed by atoms with Gasteiger partial charge in [0, 0.05) is 0 Å². The first kappa shape index (κ1) is 33.6. The first-order chi connectivity index (χ1) is 24.6. The van der Waals surface area contributed by atoms with E-state index in [1.807, 2.05) is 109 Å². The van der Waals surface area contributed by atoms with Gasteiger partial charge >= 0.3 is 12.4 Å². The fourth-order valence-corrected chi connectivity index (χ4v) is 6.99. The minimum absolute atomic E-state index is 0.000800. The zero-order valence-electron chi connectivity index (χ0n) is 27.1. The highest BCUT2D eigenvalue weighted by atomic mass is 19.4. The summed E-state index contributed by atoms with van der Waals surface area (Å²) in [7, 11) is 0. The van der Waals surface area contributed by atoms with Gasteiger partial charge in [0.2, 0.25) is 0 Å². The Morgan fingerprint density at radius 2 is 0.569 bits per heavy atom. The molecule has 0 N–H and O–H groups in total. The molecule has 51 heavy (non-hydrogen) atoms. The summed E-state index contributed by atoms with van der Waals surface area (Å²) in [6.45, 7) is 0. The minimum Gasteiger partial charge on any atom is -0.166 e. The molecule has 0 amide bonds. The maximum atomic E-state index is 15.0. The van der Waals surface area contributed by atoms with Crippen molar-refractivity contribution in [3.63, 3.8) is 0 Å². The third kappa shape index (κ3) is 6.45. The van der Waals surface area contributed by atoms with Gasteiger partial charge in [-0.05, 0) is 67.8 Å². The van der Waals surface area contributed by atoms with Gasteiger partial charge < -0.3 is 0 Å². The topological polar surface area (TPSA) is 0 Å². The molecule has 0 heterocycles. The molecule has 0 aliphatic rings. The van der Waals surface area contributed by atoms with Gasteiger partial charge in [-0.1, -0.05) is 170 Å². The lowest BCUT2D eigenvalue weighted by molar-refractivity contribution is -0.138. The van der Waals surface area contributed by atoms with E-state index in [0.717, 1.165) is 34.4 Å². The molecule has 0 fully saturated rings. The standard InChI is InChI=1S/C45H30F6/c46-44(47,48)40-16-8-7-15-39(40)35-23-29-38(30-24-35)43(41-17-9-10-18-42(41)45(49,50)51,36-25-19-33(20-26-36)31-11-3-1-4-12-31)37-27-21-34(22-28-37)32-13-5-2-6-14-32/h1-30H. The Bertz CT molecular complexity index is 2150. The van der Waals surface area contributed by atoms with Crippen LogP contribution in [0.25, 0.3) is 33.4 Å². The Kier molecular flexibility index (Phi) is 8.86. The summed E-state index contributed by atoms with van der Waals surface area (Å²) in [6, 6.07) is 51.5. The Labute approximate surface area is 292 Å². The van der Waals surface area contributed by atoms with E-state index in [1.165, 1.54) is 30.3 Å². The monoisotopic (exact) mass is 684 g/mol. The normalized spacial score (nSPS) is 12.1. The molecule has 7 rings (SSSR count). The lowest BCUT2D eigenvalue weighted by Crippen LogP contribution is -2.33. The van der Waals surface area contributed by atoms with Gasteiger partial charge in [-0.3, -0.25) is 0 Å². The molecule has 7 aromatic rings. The predicted molar refractivity (Wildman–Crippen MR) is 191 cm³/mol. The van der Waals surface area contributed by atoms with Gasteiger partial charge in [0.25, 0.3) is 0 Å². The lowest BCUT2D eigenvalue weighted by atomic mass is 9.63. The molecule has 0 spiro atoms. The molecule has 0 saturated heterocycles. The van der Waals surface area contributed by atoms with E-state index < -0.39 is 28.9 Å². The molecule has 0 aliphatic carbocycles. The third-order valence-corrected chi connectivity index (χ3v) is 9.35. The fourth-order valence-electron chi connectivity index (χ4n) is 6.99. The van der Waals surface area contributed by atoms with Crippen LogP contribution < -0.4 is 0 Å². The number of alkyl halides is 6. The molecule has 0 aromatic heterocycles. The van der Waals surface area contributed by atoms with Gasteiger partial charge in [0.15, 0.2) is 0 Å². The van der Waals surface area contributed by atoms with Crippen LogP contribution in [0.5, 0.6) is 0 Å². The average molecular weight is 685 g/mol. The Morgan fingerprint density at radius 3 is 0.980 bits per heavy atom. The summed E-state index contributed by atoms with van der Waals surface area (Å²) >= 11 is 0. The molecule has 6 heteroatoms. The minimum atomic E-state index is -4.71. The summed E-state index contributed by atoms with van der Waals surface area (Å²) in [4.78, 5) is 0. The third-order valence-electron chi connectivity index (χ3n) is 9.35. The first-order valence-corrected chi connectivity index (χ1v) is 16.3. The predicted octanol–water partition coefficient (Wildman–Crippen LogP) is 13.1. The number of hydrogen-bond donors (Lipinski definition) is 0. The molecule has 252 valence electrons. The number of benzene rings is 7. The highest BCUT2D eigenvalue weighted by Crippen LogP contribution is 2.50. The van der Waals surface area contributed by atoms with Crippen LogP contribution in [0.1, 0.15) is 33.4 Å². The van der Waals surface area contributed by atoms with Crippen molar-refractivity contribution in [2.24, 2.45) is 0 Å². The van der Waals surface area contributed by atoms with Crippen LogP contribution >= 0.6 is 0 Å². The van der Waals surface area contributed by atoms with Gasteiger partial charge in [-0.2, -0.15) is 26.3 Å². The zero-order valence-corrected chi connectivity index (χ0v) is 27.1. The summed E-state index contributed by atoms with van der Waals surface area (Å²) in [5, 5.41) is 0. The molecular formula is C45H30F6. The van der Waals surface area contributed by atoms with Crippen molar-refractivity contribution in [3.8, 4) is 33.4 Å². The van der Waals surface area contributed by atoms with Crippen LogP contribution in [-0.4, -0.2) is 0 Å². The molecule has 0 aliphatic heterocycles.